The Labute approximate surface area is 105 Å². The first kappa shape index (κ1) is 14.2. The topological polar surface area (TPSA) is 92.4 Å². The molecule has 1 rings (SSSR count). The molecule has 0 bridgehead atoms. The smallest absolute Gasteiger partial charge is 0.308 e. The maximum Gasteiger partial charge on any atom is 0.308 e. The minimum absolute atomic E-state index is 0.0959. The van der Waals surface area contributed by atoms with Crippen molar-refractivity contribution >= 4 is 11.9 Å². The molecule has 0 aliphatic heterocycles. The van der Waals surface area contributed by atoms with Crippen molar-refractivity contribution in [3.8, 4) is 0 Å². The average molecular weight is 254 g/mol. The average Bonchev–Trinajstić information content (AvgIpc) is 2.69. The minimum atomic E-state index is -0.902. The Morgan fingerprint density at radius 1 is 1.50 bits per heavy atom. The van der Waals surface area contributed by atoms with Gasteiger partial charge in [0.1, 0.15) is 5.76 Å². The summed E-state index contributed by atoms with van der Waals surface area (Å²) < 4.78 is 4.92. The van der Waals surface area contributed by atoms with Crippen molar-refractivity contribution in [1.29, 1.82) is 0 Å². The summed E-state index contributed by atoms with van der Waals surface area (Å²) in [6, 6.07) is 0. The van der Waals surface area contributed by atoms with Gasteiger partial charge in [-0.25, -0.2) is 4.98 Å². The van der Waals surface area contributed by atoms with Gasteiger partial charge in [0.2, 0.25) is 0 Å². The van der Waals surface area contributed by atoms with Crippen LogP contribution in [0.2, 0.25) is 0 Å². The van der Waals surface area contributed by atoms with Crippen LogP contribution in [0.15, 0.2) is 10.8 Å². The summed E-state index contributed by atoms with van der Waals surface area (Å²) in [5.41, 5.74) is 0.198. The molecule has 0 saturated heterocycles. The number of amides is 1. The van der Waals surface area contributed by atoms with E-state index in [0.29, 0.717) is 12.2 Å². The lowest BCUT2D eigenvalue weighted by Crippen LogP contribution is -2.34. The lowest BCUT2D eigenvalue weighted by Gasteiger charge is -2.14. The number of nitrogens with zero attached hydrogens (tertiary/aromatic N) is 1. The highest BCUT2D eigenvalue weighted by molar-refractivity contribution is 5.93. The molecule has 0 spiro atoms. The molecule has 6 heteroatoms. The van der Waals surface area contributed by atoms with Crippen molar-refractivity contribution in [2.75, 3.05) is 6.54 Å². The second-order valence-corrected chi connectivity index (χ2v) is 4.63. The number of carboxylic acid groups (broad SMARTS) is 1. The van der Waals surface area contributed by atoms with Crippen LogP contribution in [0.5, 0.6) is 0 Å². The molecule has 1 aromatic rings. The van der Waals surface area contributed by atoms with Crippen LogP contribution < -0.4 is 5.32 Å². The molecule has 1 aromatic heterocycles. The molecule has 100 valence electrons. The predicted molar refractivity (Wildman–Crippen MR) is 64.2 cm³/mol. The van der Waals surface area contributed by atoms with Gasteiger partial charge in [0.05, 0.1) is 5.92 Å². The number of oxazole rings is 1. The Bertz CT molecular complexity index is 425. The van der Waals surface area contributed by atoms with Crippen LogP contribution in [0.25, 0.3) is 0 Å². The molecule has 0 aliphatic carbocycles. The van der Waals surface area contributed by atoms with Gasteiger partial charge in [-0.05, 0) is 19.3 Å². The minimum Gasteiger partial charge on any atom is -0.481 e. The third-order valence-corrected chi connectivity index (χ3v) is 2.57. The van der Waals surface area contributed by atoms with Gasteiger partial charge >= 0.3 is 5.97 Å². The van der Waals surface area contributed by atoms with Crippen LogP contribution in [0, 0.1) is 18.8 Å². The van der Waals surface area contributed by atoms with Crippen molar-refractivity contribution in [3.63, 3.8) is 0 Å². The van der Waals surface area contributed by atoms with Crippen LogP contribution in [-0.4, -0.2) is 28.5 Å². The zero-order valence-electron chi connectivity index (χ0n) is 10.8. The van der Waals surface area contributed by atoms with Crippen molar-refractivity contribution in [2.45, 2.75) is 27.2 Å². The fourth-order valence-electron chi connectivity index (χ4n) is 1.66. The summed E-state index contributed by atoms with van der Waals surface area (Å²) in [4.78, 5) is 26.5. The highest BCUT2D eigenvalue weighted by Gasteiger charge is 2.21. The Hall–Kier alpha value is -1.85. The van der Waals surface area contributed by atoms with E-state index in [1.807, 2.05) is 13.8 Å². The molecule has 1 amide bonds. The summed E-state index contributed by atoms with van der Waals surface area (Å²) in [6.45, 7) is 5.61. The lowest BCUT2D eigenvalue weighted by molar-refractivity contribution is -0.142. The van der Waals surface area contributed by atoms with Crippen LogP contribution in [0.1, 0.15) is 36.5 Å². The zero-order valence-corrected chi connectivity index (χ0v) is 10.8. The van der Waals surface area contributed by atoms with Gasteiger partial charge in [-0.3, -0.25) is 9.59 Å². The van der Waals surface area contributed by atoms with Gasteiger partial charge in [0.25, 0.3) is 5.91 Å². The number of aromatic nitrogens is 1. The summed E-state index contributed by atoms with van der Waals surface area (Å²) in [5, 5.41) is 11.6. The first-order valence-corrected chi connectivity index (χ1v) is 5.83. The Morgan fingerprint density at radius 3 is 2.61 bits per heavy atom. The van der Waals surface area contributed by atoms with E-state index >= 15 is 0 Å². The van der Waals surface area contributed by atoms with E-state index in [2.05, 4.69) is 10.3 Å². The number of aryl methyl sites for hydroxylation is 1. The molecule has 0 saturated carbocycles. The molecule has 1 heterocycles. The zero-order chi connectivity index (χ0) is 13.7. The Balaban J connectivity index is 2.55. The molecule has 0 fully saturated rings. The quantitative estimate of drug-likeness (QED) is 0.801. The van der Waals surface area contributed by atoms with Crippen LogP contribution >= 0.6 is 0 Å². The number of aliphatic carboxylic acids is 1. The molecule has 0 aromatic carbocycles. The van der Waals surface area contributed by atoms with Gasteiger partial charge in [-0.1, -0.05) is 13.8 Å². The van der Waals surface area contributed by atoms with Crippen molar-refractivity contribution in [1.82, 2.24) is 10.3 Å². The first-order valence-electron chi connectivity index (χ1n) is 5.83. The van der Waals surface area contributed by atoms with E-state index in [0.717, 1.165) is 0 Å². The van der Waals surface area contributed by atoms with Gasteiger partial charge in [0.15, 0.2) is 12.1 Å². The van der Waals surface area contributed by atoms with E-state index in [9.17, 15) is 9.59 Å². The SMILES string of the molecule is Cc1ocnc1C(=O)NC[C@H](CC(C)C)C(=O)O. The van der Waals surface area contributed by atoms with Crippen LogP contribution in [0.4, 0.5) is 0 Å². The molecule has 0 radical (unpaired) electrons. The maximum atomic E-state index is 11.7. The van der Waals surface area contributed by atoms with Crippen LogP contribution in [0.3, 0.4) is 0 Å². The van der Waals surface area contributed by atoms with Crippen LogP contribution in [-0.2, 0) is 4.79 Å². The summed E-state index contributed by atoms with van der Waals surface area (Å²) in [6.07, 6.45) is 1.71. The molecule has 1 atom stereocenters. The molecule has 0 unspecified atom stereocenters. The number of carboxylic acids is 1. The first-order chi connectivity index (χ1) is 8.41. The number of carbonyl (C=O) groups is 2. The number of hydrogen-bond acceptors (Lipinski definition) is 4. The molecule has 6 nitrogen and oxygen atoms in total. The van der Waals surface area contributed by atoms with Gasteiger partial charge < -0.3 is 14.8 Å². The fourth-order valence-corrected chi connectivity index (χ4v) is 1.66. The third kappa shape index (κ3) is 3.87. The van der Waals surface area contributed by atoms with E-state index in [1.54, 1.807) is 6.92 Å². The van der Waals surface area contributed by atoms with E-state index in [4.69, 9.17) is 9.52 Å². The standard InChI is InChI=1S/C12H18N2O4/c1-7(2)4-9(12(16)17)5-13-11(15)10-8(3)18-6-14-10/h6-7,9H,4-5H2,1-3H3,(H,13,15)(H,16,17)/t9-/m0/s1. The number of nitrogens with one attached hydrogen (secondary N) is 1. The summed E-state index contributed by atoms with van der Waals surface area (Å²) >= 11 is 0. The van der Waals surface area contributed by atoms with Crippen molar-refractivity contribution < 1.29 is 19.1 Å². The summed E-state index contributed by atoms with van der Waals surface area (Å²) in [5.74, 6) is -1.21. The van der Waals surface area contributed by atoms with Gasteiger partial charge in [0, 0.05) is 6.54 Å². The largest absolute Gasteiger partial charge is 0.481 e. The third-order valence-electron chi connectivity index (χ3n) is 2.57. The van der Waals surface area contributed by atoms with E-state index < -0.39 is 17.8 Å². The molecule has 18 heavy (non-hydrogen) atoms. The van der Waals surface area contributed by atoms with E-state index in [-0.39, 0.29) is 18.2 Å². The second-order valence-electron chi connectivity index (χ2n) is 4.63. The second kappa shape index (κ2) is 6.18. The highest BCUT2D eigenvalue weighted by Crippen LogP contribution is 2.11. The number of hydrogen-bond donors (Lipinski definition) is 2. The van der Waals surface area contributed by atoms with Crippen molar-refractivity contribution in [3.05, 3.63) is 17.8 Å². The van der Waals surface area contributed by atoms with Gasteiger partial charge in [-0.2, -0.15) is 0 Å². The molecular formula is C12H18N2O4. The van der Waals surface area contributed by atoms with E-state index in [1.165, 1.54) is 6.39 Å². The number of carbonyl (C=O) groups excluding carboxylic acids is 1. The maximum absolute atomic E-state index is 11.7. The Kier molecular flexibility index (Phi) is 4.88. The van der Waals surface area contributed by atoms with Crippen molar-refractivity contribution in [2.24, 2.45) is 11.8 Å². The highest BCUT2D eigenvalue weighted by atomic mass is 16.4. The fraction of sp³-hybridized carbons (Fsp3) is 0.583. The molecule has 0 aliphatic rings. The van der Waals surface area contributed by atoms with Gasteiger partial charge in [-0.15, -0.1) is 0 Å². The molecule has 2 N–H and O–H groups in total. The predicted octanol–water partition coefficient (Wildman–Crippen LogP) is 1.46. The summed E-state index contributed by atoms with van der Waals surface area (Å²) in [7, 11) is 0. The Morgan fingerprint density at radius 2 is 2.17 bits per heavy atom. The monoisotopic (exact) mass is 254 g/mol. The lowest BCUT2D eigenvalue weighted by atomic mass is 9.97. The molecular weight excluding hydrogens is 236 g/mol. The number of rotatable bonds is 6. The normalized spacial score (nSPS) is 12.4.